The maximum atomic E-state index is 13.5. The second-order valence-corrected chi connectivity index (χ2v) is 8.44. The largest absolute Gasteiger partial charge is 0.507 e. The fourth-order valence-corrected chi connectivity index (χ4v) is 4.88. The number of aromatic hydroxyl groups is 1. The van der Waals surface area contributed by atoms with E-state index in [4.69, 9.17) is 11.6 Å². The van der Waals surface area contributed by atoms with Gasteiger partial charge < -0.3 is 15.0 Å². The minimum atomic E-state index is -0.193. The van der Waals surface area contributed by atoms with E-state index < -0.39 is 0 Å². The molecule has 156 valence electrons. The summed E-state index contributed by atoms with van der Waals surface area (Å²) < 4.78 is 0. The van der Waals surface area contributed by atoms with E-state index in [1.165, 1.54) is 6.92 Å². The van der Waals surface area contributed by atoms with E-state index in [-0.39, 0.29) is 23.4 Å². The number of nitrogens with one attached hydrogen (secondary N) is 1. The quantitative estimate of drug-likeness (QED) is 0.330. The number of aryl methyl sites for hydroxylation is 1. The molecule has 1 amide bonds. The lowest BCUT2D eigenvalue weighted by Gasteiger charge is -2.18. The van der Waals surface area contributed by atoms with Crippen molar-refractivity contribution in [3.63, 3.8) is 0 Å². The van der Waals surface area contributed by atoms with Crippen LogP contribution in [-0.4, -0.2) is 34.2 Å². The Kier molecular flexibility index (Phi) is 4.52. The zero-order valence-corrected chi connectivity index (χ0v) is 18.0. The van der Waals surface area contributed by atoms with Crippen LogP contribution in [0.15, 0.2) is 48.5 Å². The van der Waals surface area contributed by atoms with Gasteiger partial charge in [-0.05, 0) is 54.6 Å². The number of halogens is 1. The van der Waals surface area contributed by atoms with Gasteiger partial charge in [-0.25, -0.2) is 0 Å². The molecule has 0 fully saturated rings. The topological polar surface area (TPSA) is 73.4 Å². The Bertz CT molecular complexity index is 1390. The van der Waals surface area contributed by atoms with Gasteiger partial charge in [-0.15, -0.1) is 11.6 Å². The molecule has 1 aliphatic heterocycles. The number of hydrogen-bond donors (Lipinski definition) is 2. The molecule has 1 aliphatic rings. The number of Topliss-reactive ketones (excluding diaryl/α,β-unsaturated/α-hetero) is 1. The molecule has 0 saturated heterocycles. The predicted octanol–water partition coefficient (Wildman–Crippen LogP) is 5.52. The smallest absolute Gasteiger partial charge is 0.274 e. The molecule has 0 radical (unpaired) electrons. The second kappa shape index (κ2) is 7.13. The van der Waals surface area contributed by atoms with Gasteiger partial charge in [0.1, 0.15) is 11.4 Å². The molecule has 2 heterocycles. The lowest BCUT2D eigenvalue weighted by atomic mass is 9.92. The van der Waals surface area contributed by atoms with E-state index in [0.29, 0.717) is 29.4 Å². The molecule has 31 heavy (non-hydrogen) atoms. The molecule has 4 aromatic rings. The van der Waals surface area contributed by atoms with Crippen LogP contribution >= 0.6 is 11.6 Å². The summed E-state index contributed by atoms with van der Waals surface area (Å²) in [6.45, 7) is 3.97. The number of rotatable bonds is 3. The first-order valence-electron chi connectivity index (χ1n) is 10.2. The Morgan fingerprint density at radius 1 is 1.19 bits per heavy atom. The van der Waals surface area contributed by atoms with Gasteiger partial charge >= 0.3 is 0 Å². The SMILES string of the molecule is CC(=O)c1ccc2[nH]c(C(=O)N3CC(CCl)c4c3cc(O)c3cccc(C)c43)cc2c1. The van der Waals surface area contributed by atoms with Crippen LogP contribution < -0.4 is 4.90 Å². The normalized spacial score (nSPS) is 15.6. The number of alkyl halides is 1. The van der Waals surface area contributed by atoms with Gasteiger partial charge in [0, 0.05) is 46.3 Å². The number of carbonyl (C=O) groups excluding carboxylic acids is 2. The first-order chi connectivity index (χ1) is 14.9. The van der Waals surface area contributed by atoms with E-state index in [9.17, 15) is 14.7 Å². The molecule has 2 N–H and O–H groups in total. The molecule has 0 saturated carbocycles. The Hall–Kier alpha value is -3.31. The average Bonchev–Trinajstić information content (AvgIpc) is 3.34. The zero-order valence-electron chi connectivity index (χ0n) is 17.2. The summed E-state index contributed by atoms with van der Waals surface area (Å²) in [5.41, 5.74) is 4.56. The number of fused-ring (bicyclic) bond motifs is 4. The summed E-state index contributed by atoms with van der Waals surface area (Å²) in [4.78, 5) is 30.0. The molecule has 0 aliphatic carbocycles. The summed E-state index contributed by atoms with van der Waals surface area (Å²) in [5.74, 6) is 0.278. The molecular weight excluding hydrogens is 412 g/mol. The Morgan fingerprint density at radius 3 is 2.74 bits per heavy atom. The number of phenolic OH excluding ortho intramolecular Hbond substituents is 1. The first kappa shape index (κ1) is 19.6. The van der Waals surface area contributed by atoms with Crippen LogP contribution in [0.2, 0.25) is 0 Å². The highest BCUT2D eigenvalue weighted by Crippen LogP contribution is 2.46. The molecule has 5 nitrogen and oxygen atoms in total. The summed E-state index contributed by atoms with van der Waals surface area (Å²) in [6.07, 6.45) is 0. The summed E-state index contributed by atoms with van der Waals surface area (Å²) in [6, 6.07) is 14.6. The number of aromatic amines is 1. The third kappa shape index (κ3) is 3.00. The highest BCUT2D eigenvalue weighted by atomic mass is 35.5. The maximum Gasteiger partial charge on any atom is 0.274 e. The number of phenols is 1. The summed E-state index contributed by atoms with van der Waals surface area (Å²) in [5, 5.41) is 13.2. The Labute approximate surface area is 184 Å². The minimum Gasteiger partial charge on any atom is -0.507 e. The van der Waals surface area contributed by atoms with Crippen LogP contribution in [0.5, 0.6) is 5.75 Å². The number of hydrogen-bond acceptors (Lipinski definition) is 3. The van der Waals surface area contributed by atoms with Crippen molar-refractivity contribution in [1.29, 1.82) is 0 Å². The molecule has 5 rings (SSSR count). The minimum absolute atomic E-state index is 0.0212. The van der Waals surface area contributed by atoms with Gasteiger partial charge in [0.25, 0.3) is 5.91 Å². The number of carbonyl (C=O) groups is 2. The van der Waals surface area contributed by atoms with Gasteiger partial charge in [0.2, 0.25) is 0 Å². The third-order valence-corrected chi connectivity index (χ3v) is 6.53. The third-order valence-electron chi connectivity index (χ3n) is 6.16. The molecule has 3 aromatic carbocycles. The van der Waals surface area contributed by atoms with E-state index in [1.807, 2.05) is 31.2 Å². The standard InChI is InChI=1S/C25H21ClN2O3/c1-13-4-3-5-18-22(30)10-21-24(23(13)18)17(11-26)12-28(21)25(31)20-9-16-8-15(14(2)29)6-7-19(16)27-20/h3-10,17,27,30H,11-12H2,1-2H3. The van der Waals surface area contributed by atoms with Crippen LogP contribution in [0.25, 0.3) is 21.7 Å². The van der Waals surface area contributed by atoms with E-state index >= 15 is 0 Å². The fourth-order valence-electron chi connectivity index (χ4n) is 4.63. The first-order valence-corrected chi connectivity index (χ1v) is 10.7. The number of anilines is 1. The van der Waals surface area contributed by atoms with Crippen molar-refractivity contribution in [3.8, 4) is 5.75 Å². The number of benzene rings is 3. The van der Waals surface area contributed by atoms with E-state index in [1.54, 1.807) is 29.2 Å². The van der Waals surface area contributed by atoms with Crippen molar-refractivity contribution in [2.24, 2.45) is 0 Å². The summed E-state index contributed by atoms with van der Waals surface area (Å²) in [7, 11) is 0. The van der Waals surface area contributed by atoms with Gasteiger partial charge in [-0.3, -0.25) is 9.59 Å². The second-order valence-electron chi connectivity index (χ2n) is 8.13. The van der Waals surface area contributed by atoms with Crippen molar-refractivity contribution in [2.75, 3.05) is 17.3 Å². The van der Waals surface area contributed by atoms with Crippen molar-refractivity contribution in [2.45, 2.75) is 19.8 Å². The van der Waals surface area contributed by atoms with Gasteiger partial charge in [0.05, 0.1) is 5.69 Å². The molecular formula is C25H21ClN2O3. The van der Waals surface area contributed by atoms with E-state index in [2.05, 4.69) is 4.98 Å². The number of amides is 1. The molecule has 0 bridgehead atoms. The van der Waals surface area contributed by atoms with Crippen LogP contribution in [0.4, 0.5) is 5.69 Å². The van der Waals surface area contributed by atoms with Crippen LogP contribution in [0, 0.1) is 6.92 Å². The van der Waals surface area contributed by atoms with E-state index in [0.717, 1.165) is 32.8 Å². The van der Waals surface area contributed by atoms with Gasteiger partial charge in [-0.2, -0.15) is 0 Å². The van der Waals surface area contributed by atoms with Crippen LogP contribution in [-0.2, 0) is 0 Å². The van der Waals surface area contributed by atoms with Gasteiger partial charge in [-0.1, -0.05) is 18.2 Å². The van der Waals surface area contributed by atoms with Crippen molar-refractivity contribution in [1.82, 2.24) is 4.98 Å². The van der Waals surface area contributed by atoms with Crippen molar-refractivity contribution in [3.05, 3.63) is 70.9 Å². The van der Waals surface area contributed by atoms with Crippen LogP contribution in [0.3, 0.4) is 0 Å². The molecule has 1 atom stereocenters. The average molecular weight is 433 g/mol. The maximum absolute atomic E-state index is 13.5. The number of nitrogens with zero attached hydrogens (tertiary/aromatic N) is 1. The lowest BCUT2D eigenvalue weighted by molar-refractivity contribution is 0.0982. The fraction of sp³-hybridized carbons (Fsp3) is 0.200. The Balaban J connectivity index is 1.64. The predicted molar refractivity (Wildman–Crippen MR) is 124 cm³/mol. The highest BCUT2D eigenvalue weighted by Gasteiger charge is 2.35. The molecule has 1 unspecified atom stereocenters. The monoisotopic (exact) mass is 432 g/mol. The number of aromatic nitrogens is 1. The molecule has 0 spiro atoms. The molecule has 6 heteroatoms. The van der Waals surface area contributed by atoms with Gasteiger partial charge in [0.15, 0.2) is 5.78 Å². The van der Waals surface area contributed by atoms with Crippen LogP contribution in [0.1, 0.15) is 44.8 Å². The lowest BCUT2D eigenvalue weighted by Crippen LogP contribution is -2.30. The highest BCUT2D eigenvalue weighted by molar-refractivity contribution is 6.19. The number of H-pyrrole nitrogens is 1. The van der Waals surface area contributed by atoms with Crippen molar-refractivity contribution >= 4 is 50.7 Å². The summed E-state index contributed by atoms with van der Waals surface area (Å²) >= 11 is 6.32. The number of ketones is 1. The van der Waals surface area contributed by atoms with Crippen molar-refractivity contribution < 1.29 is 14.7 Å². The molecule has 1 aromatic heterocycles. The Morgan fingerprint density at radius 2 is 2.00 bits per heavy atom. The zero-order chi connectivity index (χ0) is 21.9.